The Kier molecular flexibility index (Phi) is 2.97. The number of Topliss-reactive ketones (excluding diaryl/α,β-unsaturated/α-hetero) is 1. The lowest BCUT2D eigenvalue weighted by atomic mass is 9.92. The highest BCUT2D eigenvalue weighted by atomic mass is 127. The van der Waals surface area contributed by atoms with Crippen molar-refractivity contribution in [3.05, 3.63) is 39.1 Å². The number of fused-ring (bicyclic) bond motifs is 1. The van der Waals surface area contributed by atoms with Crippen LogP contribution in [0.4, 0.5) is 0 Å². The second-order valence-electron chi connectivity index (χ2n) is 4.58. The van der Waals surface area contributed by atoms with Gasteiger partial charge in [0.1, 0.15) is 0 Å². The molecule has 0 N–H and O–H groups in total. The molecule has 0 saturated carbocycles. The molecule has 1 heterocycles. The molecule has 3 nitrogen and oxygen atoms in total. The fourth-order valence-electron chi connectivity index (χ4n) is 2.53. The number of aromatic nitrogens is 2. The number of carbonyl (C=O) groups excluding carboxylic acids is 1. The first-order valence-electron chi connectivity index (χ1n) is 6.02. The third kappa shape index (κ3) is 1.88. The van der Waals surface area contributed by atoms with Gasteiger partial charge in [0.05, 0.1) is 17.0 Å². The van der Waals surface area contributed by atoms with E-state index in [2.05, 4.69) is 52.0 Å². The first kappa shape index (κ1) is 11.9. The molecule has 1 aromatic carbocycles. The van der Waals surface area contributed by atoms with Crippen LogP contribution in [0, 0.1) is 3.57 Å². The van der Waals surface area contributed by atoms with E-state index >= 15 is 0 Å². The Hall–Kier alpha value is -1.17. The number of benzene rings is 1. The molecular formula is C14H13IN2O. The van der Waals surface area contributed by atoms with Gasteiger partial charge in [-0.15, -0.1) is 0 Å². The van der Waals surface area contributed by atoms with Gasteiger partial charge in [0, 0.05) is 22.6 Å². The number of nitrogens with zero attached hydrogens (tertiary/aromatic N) is 2. The normalized spacial score (nSPS) is 14.7. The first-order chi connectivity index (χ1) is 8.66. The molecule has 3 rings (SSSR count). The average Bonchev–Trinajstić information content (AvgIpc) is 2.68. The third-order valence-electron chi connectivity index (χ3n) is 3.33. The molecule has 0 aliphatic heterocycles. The van der Waals surface area contributed by atoms with E-state index in [-0.39, 0.29) is 5.78 Å². The molecule has 0 radical (unpaired) electrons. The van der Waals surface area contributed by atoms with E-state index in [4.69, 9.17) is 0 Å². The quantitative estimate of drug-likeness (QED) is 0.739. The average molecular weight is 352 g/mol. The van der Waals surface area contributed by atoms with Gasteiger partial charge in [0.25, 0.3) is 0 Å². The molecule has 0 bridgehead atoms. The largest absolute Gasteiger partial charge is 0.294 e. The number of ketones is 1. The molecule has 0 fully saturated rings. The van der Waals surface area contributed by atoms with E-state index in [1.54, 1.807) is 0 Å². The van der Waals surface area contributed by atoms with Crippen molar-refractivity contribution in [3.63, 3.8) is 0 Å². The summed E-state index contributed by atoms with van der Waals surface area (Å²) >= 11 is 2.28. The van der Waals surface area contributed by atoms with Crippen molar-refractivity contribution in [2.75, 3.05) is 0 Å². The topological polar surface area (TPSA) is 34.9 Å². The summed E-state index contributed by atoms with van der Waals surface area (Å²) in [6.45, 7) is 0. The van der Waals surface area contributed by atoms with Crippen LogP contribution >= 0.6 is 22.6 Å². The first-order valence-corrected chi connectivity index (χ1v) is 7.09. The molecule has 0 atom stereocenters. The maximum Gasteiger partial charge on any atom is 0.166 e. The van der Waals surface area contributed by atoms with Crippen molar-refractivity contribution in [1.29, 1.82) is 0 Å². The van der Waals surface area contributed by atoms with E-state index in [0.717, 1.165) is 35.4 Å². The summed E-state index contributed by atoms with van der Waals surface area (Å²) in [5.74, 6) is 0.234. The van der Waals surface area contributed by atoms with Crippen LogP contribution < -0.4 is 0 Å². The minimum Gasteiger partial charge on any atom is -0.294 e. The molecule has 0 amide bonds. The molecule has 1 aliphatic rings. The van der Waals surface area contributed by atoms with Crippen molar-refractivity contribution >= 4 is 28.4 Å². The SMILES string of the molecule is Cn1nc2c(c1-c1ccc(I)cc1)C(=O)CCC2. The molecule has 0 unspecified atom stereocenters. The third-order valence-corrected chi connectivity index (χ3v) is 4.05. The van der Waals surface area contributed by atoms with Crippen LogP contribution in [0.2, 0.25) is 0 Å². The van der Waals surface area contributed by atoms with E-state index < -0.39 is 0 Å². The van der Waals surface area contributed by atoms with Crippen LogP contribution in [-0.2, 0) is 13.5 Å². The van der Waals surface area contributed by atoms with Gasteiger partial charge in [0.2, 0.25) is 0 Å². The molecule has 18 heavy (non-hydrogen) atoms. The summed E-state index contributed by atoms with van der Waals surface area (Å²) in [5.41, 5.74) is 3.83. The summed E-state index contributed by atoms with van der Waals surface area (Å²) < 4.78 is 3.04. The molecule has 1 aliphatic carbocycles. The lowest BCUT2D eigenvalue weighted by molar-refractivity contribution is 0.0973. The van der Waals surface area contributed by atoms with Crippen molar-refractivity contribution in [1.82, 2.24) is 9.78 Å². The Balaban J connectivity index is 2.20. The number of aryl methyl sites for hydroxylation is 2. The number of hydrogen-bond acceptors (Lipinski definition) is 2. The van der Waals surface area contributed by atoms with Gasteiger partial charge in [-0.2, -0.15) is 5.10 Å². The lowest BCUT2D eigenvalue weighted by Crippen LogP contribution is -2.10. The number of halogens is 1. The fraction of sp³-hybridized carbons (Fsp3) is 0.286. The summed E-state index contributed by atoms with van der Waals surface area (Å²) in [4.78, 5) is 12.1. The van der Waals surface area contributed by atoms with Crippen LogP contribution in [0.5, 0.6) is 0 Å². The lowest BCUT2D eigenvalue weighted by Gasteiger charge is -2.10. The van der Waals surface area contributed by atoms with Gasteiger partial charge in [-0.25, -0.2) is 0 Å². The van der Waals surface area contributed by atoms with Crippen LogP contribution in [-0.4, -0.2) is 15.6 Å². The zero-order valence-corrected chi connectivity index (χ0v) is 12.3. The smallest absolute Gasteiger partial charge is 0.166 e. The summed E-state index contributed by atoms with van der Waals surface area (Å²) in [5, 5.41) is 4.49. The highest BCUT2D eigenvalue weighted by molar-refractivity contribution is 14.1. The summed E-state index contributed by atoms with van der Waals surface area (Å²) in [6, 6.07) is 8.23. The van der Waals surface area contributed by atoms with Gasteiger partial charge >= 0.3 is 0 Å². The Morgan fingerprint density at radius 1 is 1.22 bits per heavy atom. The highest BCUT2D eigenvalue weighted by Crippen LogP contribution is 2.31. The highest BCUT2D eigenvalue weighted by Gasteiger charge is 2.26. The summed E-state index contributed by atoms with van der Waals surface area (Å²) in [6.07, 6.45) is 2.49. The van der Waals surface area contributed by atoms with Gasteiger partial charge in [0.15, 0.2) is 5.78 Å². The Bertz CT molecular complexity index is 613. The minimum absolute atomic E-state index is 0.234. The maximum atomic E-state index is 12.1. The van der Waals surface area contributed by atoms with Gasteiger partial charge in [-0.05, 0) is 47.6 Å². The van der Waals surface area contributed by atoms with Gasteiger partial charge in [-0.3, -0.25) is 9.48 Å². The maximum absolute atomic E-state index is 12.1. The second kappa shape index (κ2) is 4.50. The van der Waals surface area contributed by atoms with E-state index in [0.29, 0.717) is 6.42 Å². The zero-order chi connectivity index (χ0) is 12.7. The van der Waals surface area contributed by atoms with Crippen LogP contribution in [0.25, 0.3) is 11.3 Å². The van der Waals surface area contributed by atoms with Crippen molar-refractivity contribution in [2.24, 2.45) is 7.05 Å². The van der Waals surface area contributed by atoms with Crippen LogP contribution in [0.1, 0.15) is 28.9 Å². The standard InChI is InChI=1S/C14H13IN2O/c1-17-14(9-5-7-10(15)8-6-9)13-11(16-17)3-2-4-12(13)18/h5-8H,2-4H2,1H3. The van der Waals surface area contributed by atoms with Gasteiger partial charge < -0.3 is 0 Å². The van der Waals surface area contributed by atoms with Crippen LogP contribution in [0.3, 0.4) is 0 Å². The predicted molar refractivity (Wildman–Crippen MR) is 78.6 cm³/mol. The Morgan fingerprint density at radius 3 is 2.67 bits per heavy atom. The molecule has 0 saturated heterocycles. The second-order valence-corrected chi connectivity index (χ2v) is 5.82. The zero-order valence-electron chi connectivity index (χ0n) is 10.1. The molecule has 2 aromatic rings. The Labute approximate surface area is 119 Å². The Morgan fingerprint density at radius 2 is 1.94 bits per heavy atom. The van der Waals surface area contributed by atoms with Crippen LogP contribution in [0.15, 0.2) is 24.3 Å². The van der Waals surface area contributed by atoms with Crippen molar-refractivity contribution in [3.8, 4) is 11.3 Å². The molecule has 4 heteroatoms. The van der Waals surface area contributed by atoms with Crippen molar-refractivity contribution in [2.45, 2.75) is 19.3 Å². The predicted octanol–water partition coefficient (Wildman–Crippen LogP) is 3.21. The fourth-order valence-corrected chi connectivity index (χ4v) is 2.89. The molecule has 92 valence electrons. The molecule has 0 spiro atoms. The number of rotatable bonds is 1. The number of carbonyl (C=O) groups is 1. The monoisotopic (exact) mass is 352 g/mol. The molecule has 1 aromatic heterocycles. The number of hydrogen-bond donors (Lipinski definition) is 0. The van der Waals surface area contributed by atoms with Crippen molar-refractivity contribution < 1.29 is 4.79 Å². The minimum atomic E-state index is 0.234. The van der Waals surface area contributed by atoms with E-state index in [1.807, 2.05) is 11.7 Å². The van der Waals surface area contributed by atoms with E-state index in [9.17, 15) is 4.79 Å². The summed E-state index contributed by atoms with van der Waals surface area (Å²) in [7, 11) is 1.92. The van der Waals surface area contributed by atoms with Gasteiger partial charge in [-0.1, -0.05) is 12.1 Å². The van der Waals surface area contributed by atoms with E-state index in [1.165, 1.54) is 3.57 Å². The molecular weight excluding hydrogens is 339 g/mol.